The van der Waals surface area contributed by atoms with E-state index in [9.17, 15) is 22.8 Å². The average Bonchev–Trinajstić information content (AvgIpc) is 2.67. The molecule has 1 aliphatic heterocycles. The summed E-state index contributed by atoms with van der Waals surface area (Å²) in [5, 5.41) is 0. The van der Waals surface area contributed by atoms with Crippen molar-refractivity contribution in [3.05, 3.63) is 35.9 Å². The predicted octanol–water partition coefficient (Wildman–Crippen LogP) is 4.04. The van der Waals surface area contributed by atoms with Crippen molar-refractivity contribution in [3.63, 3.8) is 0 Å². The number of rotatable bonds is 2. The van der Waals surface area contributed by atoms with Crippen LogP contribution in [0.2, 0.25) is 0 Å². The summed E-state index contributed by atoms with van der Waals surface area (Å²) in [5.74, 6) is -3.32. The van der Waals surface area contributed by atoms with Gasteiger partial charge >= 0.3 is 12.1 Å². The number of carbonyl (C=O) groups is 2. The summed E-state index contributed by atoms with van der Waals surface area (Å²) in [6, 6.07) is 7.75. The summed E-state index contributed by atoms with van der Waals surface area (Å²) >= 11 is 0. The van der Waals surface area contributed by atoms with E-state index in [0.29, 0.717) is 25.7 Å². The predicted molar refractivity (Wildman–Crippen MR) is 94.6 cm³/mol. The molecule has 5 nitrogen and oxygen atoms in total. The third-order valence-electron chi connectivity index (χ3n) is 6.53. The van der Waals surface area contributed by atoms with Crippen LogP contribution in [0.25, 0.3) is 0 Å². The molecule has 1 aromatic rings. The van der Waals surface area contributed by atoms with Crippen molar-refractivity contribution in [1.82, 2.24) is 0 Å². The van der Waals surface area contributed by atoms with Gasteiger partial charge in [-0.2, -0.15) is 13.2 Å². The Hall–Kier alpha value is -1.93. The highest BCUT2D eigenvalue weighted by atomic mass is 19.4. The Kier molecular flexibility index (Phi) is 4.77. The fourth-order valence-corrected chi connectivity index (χ4v) is 5.29. The van der Waals surface area contributed by atoms with E-state index in [1.54, 1.807) is 18.2 Å². The van der Waals surface area contributed by atoms with Gasteiger partial charge in [0.2, 0.25) is 11.2 Å². The molecule has 2 saturated carbocycles. The van der Waals surface area contributed by atoms with Crippen LogP contribution in [0.1, 0.15) is 50.5 Å². The molecule has 0 unspecified atom stereocenters. The number of alkyl halides is 3. The highest BCUT2D eigenvalue weighted by molar-refractivity contribution is 5.90. The first-order valence-electron chi connectivity index (χ1n) is 9.81. The molecule has 4 rings (SSSR count). The number of methoxy groups -OCH3 is 1. The van der Waals surface area contributed by atoms with Crippen molar-refractivity contribution >= 4 is 11.8 Å². The Bertz CT molecular complexity index is 802. The van der Waals surface area contributed by atoms with E-state index >= 15 is 0 Å². The zero-order chi connectivity index (χ0) is 20.9. The van der Waals surface area contributed by atoms with Crippen molar-refractivity contribution in [2.24, 2.45) is 5.41 Å². The van der Waals surface area contributed by atoms with Gasteiger partial charge in [0.1, 0.15) is 11.4 Å². The minimum absolute atomic E-state index is 0.133. The van der Waals surface area contributed by atoms with Crippen LogP contribution in [0.4, 0.5) is 13.2 Å². The summed E-state index contributed by atoms with van der Waals surface area (Å²) in [6.45, 7) is 0. The molecule has 0 radical (unpaired) electrons. The van der Waals surface area contributed by atoms with Gasteiger partial charge in [0.15, 0.2) is 0 Å². The van der Waals surface area contributed by atoms with Crippen LogP contribution in [0.15, 0.2) is 30.3 Å². The maximum absolute atomic E-state index is 14.8. The standard InChI is InChI=1S/C21H23F3O5/c1-27-16-12-15(25)13-19(14-8-4-2-5-9-14)20(16,21(22,23)24)17(26)28-18(29-19)10-6-3-7-11-18/h2,4-5,8-9,16H,3,6-7,10-13H2,1H3/t16-,19-,20-/m1/s1. The molecule has 0 aromatic heterocycles. The van der Waals surface area contributed by atoms with E-state index in [-0.39, 0.29) is 5.56 Å². The lowest BCUT2D eigenvalue weighted by molar-refractivity contribution is -0.413. The first-order chi connectivity index (χ1) is 13.7. The first kappa shape index (κ1) is 20.3. The Morgan fingerprint density at radius 1 is 1.07 bits per heavy atom. The van der Waals surface area contributed by atoms with Crippen LogP contribution in [0, 0.1) is 5.41 Å². The number of Topliss-reactive ketones (excluding diaryl/α,β-unsaturated/α-hetero) is 1. The number of hydrogen-bond acceptors (Lipinski definition) is 5. The molecule has 0 bridgehead atoms. The zero-order valence-electron chi connectivity index (χ0n) is 16.1. The van der Waals surface area contributed by atoms with Gasteiger partial charge in [0, 0.05) is 32.8 Å². The van der Waals surface area contributed by atoms with Crippen molar-refractivity contribution in [2.45, 2.75) is 68.6 Å². The van der Waals surface area contributed by atoms with Gasteiger partial charge in [-0.05, 0) is 18.4 Å². The van der Waals surface area contributed by atoms with Crippen LogP contribution < -0.4 is 0 Å². The molecular formula is C21H23F3O5. The normalized spacial score (nSPS) is 34.6. The SMILES string of the molecule is CO[C@@H]1CC(=O)C[C@]2(c3ccccc3)OC3(CCCCC3)OC(=O)[C@]12C(F)(F)F. The highest BCUT2D eigenvalue weighted by Gasteiger charge is 2.83. The maximum atomic E-state index is 14.8. The van der Waals surface area contributed by atoms with Gasteiger partial charge in [-0.15, -0.1) is 0 Å². The van der Waals surface area contributed by atoms with Crippen LogP contribution in [-0.4, -0.2) is 36.9 Å². The molecule has 1 spiro atoms. The average molecular weight is 412 g/mol. The molecule has 8 heteroatoms. The molecule has 158 valence electrons. The van der Waals surface area contributed by atoms with Crippen molar-refractivity contribution < 1.29 is 37.0 Å². The van der Waals surface area contributed by atoms with E-state index < -0.39 is 53.7 Å². The summed E-state index contributed by atoms with van der Waals surface area (Å²) in [5.41, 5.74) is -5.24. The van der Waals surface area contributed by atoms with Crippen molar-refractivity contribution in [2.75, 3.05) is 7.11 Å². The third-order valence-corrected chi connectivity index (χ3v) is 6.53. The fourth-order valence-electron chi connectivity index (χ4n) is 5.29. The maximum Gasteiger partial charge on any atom is 0.410 e. The van der Waals surface area contributed by atoms with Gasteiger partial charge in [-0.25, -0.2) is 0 Å². The van der Waals surface area contributed by atoms with E-state index in [1.807, 2.05) is 0 Å². The van der Waals surface area contributed by atoms with Gasteiger partial charge in [-0.3, -0.25) is 9.59 Å². The Labute approximate surface area is 166 Å². The molecule has 1 saturated heterocycles. The van der Waals surface area contributed by atoms with E-state index in [0.717, 1.165) is 13.5 Å². The second kappa shape index (κ2) is 6.80. The minimum Gasteiger partial charge on any atom is -0.432 e. The molecule has 0 amide bonds. The number of fused-ring (bicyclic) bond motifs is 1. The molecule has 1 heterocycles. The van der Waals surface area contributed by atoms with Crippen molar-refractivity contribution in [1.29, 1.82) is 0 Å². The summed E-state index contributed by atoms with van der Waals surface area (Å²) < 4.78 is 61.2. The van der Waals surface area contributed by atoms with Gasteiger partial charge < -0.3 is 14.2 Å². The highest BCUT2D eigenvalue weighted by Crippen LogP contribution is 2.65. The molecule has 0 N–H and O–H groups in total. The van der Waals surface area contributed by atoms with Crippen molar-refractivity contribution in [3.8, 4) is 0 Å². The molecule has 1 aromatic carbocycles. The van der Waals surface area contributed by atoms with Gasteiger partial charge in [0.05, 0.1) is 6.10 Å². The lowest BCUT2D eigenvalue weighted by Gasteiger charge is -2.61. The fraction of sp³-hybridized carbons (Fsp3) is 0.619. The summed E-state index contributed by atoms with van der Waals surface area (Å²) in [6.07, 6.45) is -5.08. The molecule has 3 fully saturated rings. The Morgan fingerprint density at radius 2 is 1.72 bits per heavy atom. The Balaban J connectivity index is 2.01. The third kappa shape index (κ3) is 2.75. The van der Waals surface area contributed by atoms with E-state index in [2.05, 4.69) is 0 Å². The monoisotopic (exact) mass is 412 g/mol. The minimum atomic E-state index is -5.06. The van der Waals surface area contributed by atoms with Crippen LogP contribution in [0.5, 0.6) is 0 Å². The number of ketones is 1. The second-order valence-electron chi connectivity index (χ2n) is 8.11. The second-order valence-corrected chi connectivity index (χ2v) is 8.11. The molecule has 3 aliphatic rings. The quantitative estimate of drug-likeness (QED) is 0.686. The van der Waals surface area contributed by atoms with E-state index in [4.69, 9.17) is 14.2 Å². The number of halogens is 3. The largest absolute Gasteiger partial charge is 0.432 e. The zero-order valence-corrected chi connectivity index (χ0v) is 16.1. The molecular weight excluding hydrogens is 389 g/mol. The summed E-state index contributed by atoms with van der Waals surface area (Å²) in [4.78, 5) is 25.9. The van der Waals surface area contributed by atoms with Crippen LogP contribution >= 0.6 is 0 Å². The van der Waals surface area contributed by atoms with E-state index in [1.165, 1.54) is 12.1 Å². The number of ether oxygens (including phenoxy) is 3. The van der Waals surface area contributed by atoms with Gasteiger partial charge in [0.25, 0.3) is 0 Å². The molecule has 3 atom stereocenters. The Morgan fingerprint density at radius 3 is 2.31 bits per heavy atom. The number of esters is 1. The molecule has 2 aliphatic carbocycles. The van der Waals surface area contributed by atoms with Crippen LogP contribution in [-0.2, 0) is 29.4 Å². The number of carbonyl (C=O) groups excluding carboxylic acids is 2. The lowest BCUT2D eigenvalue weighted by Crippen LogP contribution is -2.75. The van der Waals surface area contributed by atoms with Gasteiger partial charge in [-0.1, -0.05) is 36.8 Å². The first-order valence-corrected chi connectivity index (χ1v) is 9.81. The molecule has 29 heavy (non-hydrogen) atoms. The smallest absolute Gasteiger partial charge is 0.410 e. The summed E-state index contributed by atoms with van der Waals surface area (Å²) in [7, 11) is 1.07. The lowest BCUT2D eigenvalue weighted by atomic mass is 9.56. The van der Waals surface area contributed by atoms with Crippen LogP contribution in [0.3, 0.4) is 0 Å². The number of benzene rings is 1. The topological polar surface area (TPSA) is 61.8 Å². The number of hydrogen-bond donors (Lipinski definition) is 0.